The highest BCUT2D eigenvalue weighted by Gasteiger charge is 2.26. The molecule has 1 aliphatic rings. The molecule has 22 heavy (non-hydrogen) atoms. The number of nitrogens with one attached hydrogen (secondary N) is 3. The molecule has 5 heteroatoms. The van der Waals surface area contributed by atoms with E-state index in [1.807, 2.05) is 24.3 Å². The van der Waals surface area contributed by atoms with Crippen LogP contribution in [0.3, 0.4) is 0 Å². The molecular formula is C17H25N3O2. The van der Waals surface area contributed by atoms with Gasteiger partial charge in [-0.1, -0.05) is 25.1 Å². The Balaban J connectivity index is 1.71. The molecule has 0 saturated heterocycles. The van der Waals surface area contributed by atoms with Gasteiger partial charge in [-0.05, 0) is 37.4 Å². The van der Waals surface area contributed by atoms with Crippen LogP contribution in [0.5, 0.6) is 0 Å². The molecule has 5 nitrogen and oxygen atoms in total. The number of amides is 2. The van der Waals surface area contributed by atoms with Crippen LogP contribution in [0, 0.1) is 5.92 Å². The number of fused-ring (bicyclic) bond motifs is 1. The number of hydrogen-bond acceptors (Lipinski definition) is 3. The topological polar surface area (TPSA) is 70.2 Å². The molecule has 1 atom stereocenters. The average Bonchev–Trinajstić information content (AvgIpc) is 2.52. The first kappa shape index (κ1) is 16.5. The first-order valence-electron chi connectivity index (χ1n) is 8.07. The molecule has 1 unspecified atom stereocenters. The van der Waals surface area contributed by atoms with Crippen molar-refractivity contribution in [2.75, 3.05) is 25.0 Å². The quantitative estimate of drug-likeness (QED) is 0.640. The van der Waals surface area contributed by atoms with E-state index < -0.39 is 0 Å². The Labute approximate surface area is 131 Å². The van der Waals surface area contributed by atoms with Crippen molar-refractivity contribution in [2.24, 2.45) is 5.92 Å². The Kier molecular flexibility index (Phi) is 6.40. The van der Waals surface area contributed by atoms with Crippen LogP contribution in [-0.2, 0) is 16.0 Å². The highest BCUT2D eigenvalue weighted by Crippen LogP contribution is 2.27. The second-order valence-electron chi connectivity index (χ2n) is 5.69. The van der Waals surface area contributed by atoms with Gasteiger partial charge in [0.1, 0.15) is 0 Å². The van der Waals surface area contributed by atoms with E-state index in [0.29, 0.717) is 25.8 Å². The van der Waals surface area contributed by atoms with E-state index in [9.17, 15) is 9.59 Å². The van der Waals surface area contributed by atoms with Gasteiger partial charge in [-0.15, -0.1) is 0 Å². The minimum Gasteiger partial charge on any atom is -0.355 e. The minimum absolute atomic E-state index is 0.0185. The first-order valence-corrected chi connectivity index (χ1v) is 8.07. The van der Waals surface area contributed by atoms with Crippen LogP contribution >= 0.6 is 0 Å². The molecule has 120 valence electrons. The predicted octanol–water partition coefficient (Wildman–Crippen LogP) is 1.69. The number of carbonyl (C=O) groups excluding carboxylic acids is 2. The van der Waals surface area contributed by atoms with Crippen LogP contribution in [0.4, 0.5) is 5.69 Å². The lowest BCUT2D eigenvalue weighted by molar-refractivity contribution is -0.122. The number of hydrogen-bond donors (Lipinski definition) is 3. The van der Waals surface area contributed by atoms with Crippen LogP contribution in [0.2, 0.25) is 0 Å². The van der Waals surface area contributed by atoms with E-state index in [1.165, 1.54) is 0 Å². The molecule has 1 aromatic carbocycles. The van der Waals surface area contributed by atoms with Crippen molar-refractivity contribution in [1.29, 1.82) is 0 Å². The summed E-state index contributed by atoms with van der Waals surface area (Å²) in [4.78, 5) is 23.8. The number of carbonyl (C=O) groups is 2. The average molecular weight is 303 g/mol. The smallest absolute Gasteiger partial charge is 0.227 e. The first-order chi connectivity index (χ1) is 10.7. The van der Waals surface area contributed by atoms with Crippen molar-refractivity contribution in [3.05, 3.63) is 29.8 Å². The highest BCUT2D eigenvalue weighted by molar-refractivity contribution is 5.96. The van der Waals surface area contributed by atoms with Gasteiger partial charge >= 0.3 is 0 Å². The molecule has 1 aromatic rings. The Hall–Kier alpha value is -1.88. The summed E-state index contributed by atoms with van der Waals surface area (Å²) in [6, 6.07) is 7.84. The summed E-state index contributed by atoms with van der Waals surface area (Å²) >= 11 is 0. The number of benzene rings is 1. The Morgan fingerprint density at radius 1 is 1.27 bits per heavy atom. The van der Waals surface area contributed by atoms with Crippen molar-refractivity contribution in [1.82, 2.24) is 10.6 Å². The van der Waals surface area contributed by atoms with Crippen LogP contribution in [0.15, 0.2) is 24.3 Å². The summed E-state index contributed by atoms with van der Waals surface area (Å²) in [6.07, 6.45) is 2.79. The Morgan fingerprint density at radius 3 is 2.91 bits per heavy atom. The molecule has 0 saturated carbocycles. The normalized spacial score (nSPS) is 16.8. The van der Waals surface area contributed by atoms with Gasteiger partial charge < -0.3 is 16.0 Å². The zero-order chi connectivity index (χ0) is 15.8. The van der Waals surface area contributed by atoms with E-state index in [4.69, 9.17) is 0 Å². The van der Waals surface area contributed by atoms with Gasteiger partial charge in [0.15, 0.2) is 0 Å². The fraction of sp³-hybridized carbons (Fsp3) is 0.529. The highest BCUT2D eigenvalue weighted by atomic mass is 16.2. The lowest BCUT2D eigenvalue weighted by atomic mass is 9.89. The van der Waals surface area contributed by atoms with Gasteiger partial charge in [0.2, 0.25) is 11.8 Å². The summed E-state index contributed by atoms with van der Waals surface area (Å²) in [6.45, 7) is 4.51. The summed E-state index contributed by atoms with van der Waals surface area (Å²) in [5, 5.41) is 9.04. The maximum atomic E-state index is 12.0. The predicted molar refractivity (Wildman–Crippen MR) is 87.7 cm³/mol. The van der Waals surface area contributed by atoms with Gasteiger partial charge in [-0.3, -0.25) is 9.59 Å². The van der Waals surface area contributed by atoms with Crippen molar-refractivity contribution in [3.63, 3.8) is 0 Å². The molecule has 0 aromatic heterocycles. The van der Waals surface area contributed by atoms with Crippen molar-refractivity contribution < 1.29 is 9.59 Å². The molecule has 0 fully saturated rings. The van der Waals surface area contributed by atoms with Gasteiger partial charge in [0, 0.05) is 31.1 Å². The lowest BCUT2D eigenvalue weighted by Gasteiger charge is -2.24. The molecule has 1 aliphatic heterocycles. The van der Waals surface area contributed by atoms with Crippen LogP contribution in [-0.4, -0.2) is 31.4 Å². The van der Waals surface area contributed by atoms with Gasteiger partial charge in [0.05, 0.1) is 0 Å². The van der Waals surface area contributed by atoms with E-state index in [2.05, 4.69) is 22.9 Å². The van der Waals surface area contributed by atoms with Crippen LogP contribution in [0.25, 0.3) is 0 Å². The number of anilines is 1. The fourth-order valence-corrected chi connectivity index (χ4v) is 2.63. The molecule has 0 radical (unpaired) electrons. The molecule has 1 heterocycles. The van der Waals surface area contributed by atoms with E-state index in [-0.39, 0.29) is 17.7 Å². The number of rotatable bonds is 8. The monoisotopic (exact) mass is 303 g/mol. The largest absolute Gasteiger partial charge is 0.355 e. The molecule has 2 amide bonds. The van der Waals surface area contributed by atoms with Crippen molar-refractivity contribution in [3.8, 4) is 0 Å². The fourth-order valence-electron chi connectivity index (χ4n) is 2.63. The summed E-state index contributed by atoms with van der Waals surface area (Å²) in [7, 11) is 0. The Morgan fingerprint density at radius 2 is 2.09 bits per heavy atom. The van der Waals surface area contributed by atoms with Crippen molar-refractivity contribution >= 4 is 17.5 Å². The zero-order valence-corrected chi connectivity index (χ0v) is 13.2. The molecule has 0 spiro atoms. The van der Waals surface area contributed by atoms with Gasteiger partial charge in [0.25, 0.3) is 0 Å². The van der Waals surface area contributed by atoms with E-state index >= 15 is 0 Å². The zero-order valence-electron chi connectivity index (χ0n) is 13.2. The van der Waals surface area contributed by atoms with Crippen molar-refractivity contribution in [2.45, 2.75) is 32.6 Å². The summed E-state index contributed by atoms with van der Waals surface area (Å²) in [5.41, 5.74) is 2.05. The third-order valence-corrected chi connectivity index (χ3v) is 3.88. The molecule has 0 aliphatic carbocycles. The van der Waals surface area contributed by atoms with Crippen LogP contribution in [0.1, 0.15) is 31.7 Å². The minimum atomic E-state index is -0.112. The third kappa shape index (κ3) is 4.84. The van der Waals surface area contributed by atoms with E-state index in [0.717, 1.165) is 30.8 Å². The second kappa shape index (κ2) is 8.54. The summed E-state index contributed by atoms with van der Waals surface area (Å²) in [5.74, 6) is -0.0695. The standard InChI is InChI=1S/C17H25N3O2/c1-2-9-18-10-11-19-16(21)8-7-14-12-13-5-3-4-6-15(13)20-17(14)22/h3-6,14,18H,2,7-12H2,1H3,(H,19,21)(H,20,22). The van der Waals surface area contributed by atoms with Crippen LogP contribution < -0.4 is 16.0 Å². The summed E-state index contributed by atoms with van der Waals surface area (Å²) < 4.78 is 0. The molecular weight excluding hydrogens is 278 g/mol. The SMILES string of the molecule is CCCNCCNC(=O)CCC1Cc2ccccc2NC1=O. The lowest BCUT2D eigenvalue weighted by Crippen LogP contribution is -2.34. The maximum absolute atomic E-state index is 12.0. The number of para-hydroxylation sites is 1. The van der Waals surface area contributed by atoms with E-state index in [1.54, 1.807) is 0 Å². The van der Waals surface area contributed by atoms with Gasteiger partial charge in [-0.25, -0.2) is 0 Å². The molecule has 3 N–H and O–H groups in total. The third-order valence-electron chi connectivity index (χ3n) is 3.88. The maximum Gasteiger partial charge on any atom is 0.227 e. The Bertz CT molecular complexity index is 516. The molecule has 0 bridgehead atoms. The second-order valence-corrected chi connectivity index (χ2v) is 5.69. The molecule has 2 rings (SSSR count). The van der Waals surface area contributed by atoms with Gasteiger partial charge in [-0.2, -0.15) is 0 Å².